The number of amides is 1. The zero-order chi connectivity index (χ0) is 14.2. The summed E-state index contributed by atoms with van der Waals surface area (Å²) in [6.45, 7) is 6.27. The van der Waals surface area contributed by atoms with Crippen molar-refractivity contribution in [2.45, 2.75) is 32.7 Å². The first-order chi connectivity index (χ1) is 9.74. The third-order valence-electron chi connectivity index (χ3n) is 3.47. The van der Waals surface area contributed by atoms with Crippen LogP contribution in [0, 0.1) is 0 Å². The Labute approximate surface area is 121 Å². The highest BCUT2D eigenvalue weighted by Gasteiger charge is 2.11. The molecule has 0 atom stereocenters. The molecule has 0 radical (unpaired) electrons. The number of rotatable bonds is 7. The van der Waals surface area contributed by atoms with Gasteiger partial charge in [0.1, 0.15) is 5.75 Å². The topological polar surface area (TPSA) is 41.6 Å². The Morgan fingerprint density at radius 3 is 2.90 bits per heavy atom. The number of hydrogen-bond acceptors (Lipinski definition) is 3. The Balaban J connectivity index is 1.72. The van der Waals surface area contributed by atoms with Gasteiger partial charge in [0.25, 0.3) is 0 Å². The Bertz CT molecular complexity index is 428. The van der Waals surface area contributed by atoms with Crippen LogP contribution in [0.2, 0.25) is 0 Å². The predicted molar refractivity (Wildman–Crippen MR) is 79.7 cm³/mol. The van der Waals surface area contributed by atoms with Gasteiger partial charge in [-0.05, 0) is 50.0 Å². The third kappa shape index (κ3) is 5.21. The lowest BCUT2D eigenvalue weighted by molar-refractivity contribution is -0.118. The summed E-state index contributed by atoms with van der Waals surface area (Å²) in [4.78, 5) is 13.2. The normalized spacial score (nSPS) is 15.2. The van der Waals surface area contributed by atoms with Gasteiger partial charge in [-0.2, -0.15) is 0 Å². The molecule has 1 aromatic carbocycles. The average molecular weight is 276 g/mol. The molecule has 1 amide bonds. The van der Waals surface area contributed by atoms with Gasteiger partial charge in [-0.3, -0.25) is 9.69 Å². The van der Waals surface area contributed by atoms with Gasteiger partial charge in [-0.1, -0.05) is 12.1 Å². The van der Waals surface area contributed by atoms with Crippen molar-refractivity contribution >= 4 is 5.91 Å². The van der Waals surface area contributed by atoms with Crippen LogP contribution < -0.4 is 10.1 Å². The highest BCUT2D eigenvalue weighted by molar-refractivity contribution is 5.72. The van der Waals surface area contributed by atoms with Crippen LogP contribution in [0.5, 0.6) is 5.75 Å². The molecule has 110 valence electrons. The molecule has 1 saturated heterocycles. The van der Waals surface area contributed by atoms with Gasteiger partial charge < -0.3 is 10.1 Å². The molecular weight excluding hydrogens is 252 g/mol. The smallest absolute Gasteiger partial charge is 0.216 e. The number of nitrogens with zero attached hydrogens (tertiary/aromatic N) is 1. The fourth-order valence-corrected chi connectivity index (χ4v) is 2.46. The van der Waals surface area contributed by atoms with Crippen LogP contribution in [0.25, 0.3) is 0 Å². The molecule has 1 aliphatic rings. The van der Waals surface area contributed by atoms with Crippen molar-refractivity contribution in [3.8, 4) is 5.75 Å². The summed E-state index contributed by atoms with van der Waals surface area (Å²) in [5.74, 6) is 0.933. The minimum atomic E-state index is 0.0117. The minimum Gasteiger partial charge on any atom is -0.494 e. The lowest BCUT2D eigenvalue weighted by Crippen LogP contribution is -2.22. The van der Waals surface area contributed by atoms with E-state index in [0.717, 1.165) is 18.7 Å². The molecule has 1 N–H and O–H groups in total. The van der Waals surface area contributed by atoms with Crippen LogP contribution in [0.4, 0.5) is 0 Å². The van der Waals surface area contributed by atoms with Crippen molar-refractivity contribution in [3.05, 3.63) is 29.8 Å². The van der Waals surface area contributed by atoms with Gasteiger partial charge in [0.05, 0.1) is 6.61 Å². The molecule has 1 fully saturated rings. The zero-order valence-electron chi connectivity index (χ0n) is 12.2. The maximum Gasteiger partial charge on any atom is 0.216 e. The van der Waals surface area contributed by atoms with Crippen molar-refractivity contribution in [3.63, 3.8) is 0 Å². The monoisotopic (exact) mass is 276 g/mol. The van der Waals surface area contributed by atoms with Gasteiger partial charge in [-0.15, -0.1) is 0 Å². The molecule has 4 heteroatoms. The van der Waals surface area contributed by atoms with Crippen molar-refractivity contribution in [1.82, 2.24) is 10.2 Å². The molecule has 4 nitrogen and oxygen atoms in total. The van der Waals surface area contributed by atoms with E-state index >= 15 is 0 Å². The van der Waals surface area contributed by atoms with E-state index < -0.39 is 0 Å². The number of carbonyl (C=O) groups excluding carboxylic acids is 1. The van der Waals surface area contributed by atoms with Crippen molar-refractivity contribution in [2.24, 2.45) is 0 Å². The van der Waals surface area contributed by atoms with E-state index in [9.17, 15) is 4.79 Å². The molecule has 1 aromatic rings. The molecule has 0 saturated carbocycles. The minimum absolute atomic E-state index is 0.0117. The van der Waals surface area contributed by atoms with Gasteiger partial charge >= 0.3 is 0 Å². The second-order valence-corrected chi connectivity index (χ2v) is 5.32. The Hall–Kier alpha value is -1.55. The molecule has 0 spiro atoms. The van der Waals surface area contributed by atoms with Crippen LogP contribution in [-0.2, 0) is 11.3 Å². The summed E-state index contributed by atoms with van der Waals surface area (Å²) in [5.41, 5.74) is 1.31. The largest absolute Gasteiger partial charge is 0.494 e. The number of hydrogen-bond donors (Lipinski definition) is 1. The maximum absolute atomic E-state index is 10.7. The summed E-state index contributed by atoms with van der Waals surface area (Å²) in [6.07, 6.45) is 3.47. The average Bonchev–Trinajstić information content (AvgIpc) is 2.91. The van der Waals surface area contributed by atoms with Crippen LogP contribution in [0.1, 0.15) is 31.7 Å². The summed E-state index contributed by atoms with van der Waals surface area (Å²) < 4.78 is 5.72. The Kier molecular flexibility index (Phi) is 5.87. The van der Waals surface area contributed by atoms with Crippen molar-refractivity contribution < 1.29 is 9.53 Å². The Morgan fingerprint density at radius 2 is 2.15 bits per heavy atom. The number of likely N-dealkylation sites (tertiary alicyclic amines) is 1. The van der Waals surface area contributed by atoms with Crippen LogP contribution >= 0.6 is 0 Å². The number of nitrogens with one attached hydrogen (secondary N) is 1. The van der Waals surface area contributed by atoms with Crippen LogP contribution in [0.3, 0.4) is 0 Å². The molecule has 2 rings (SSSR count). The molecule has 0 bridgehead atoms. The lowest BCUT2D eigenvalue weighted by Gasteiger charge is -2.15. The third-order valence-corrected chi connectivity index (χ3v) is 3.47. The first kappa shape index (κ1) is 14.9. The van der Waals surface area contributed by atoms with Gasteiger partial charge in [0, 0.05) is 20.0 Å². The molecule has 0 aliphatic carbocycles. The van der Waals surface area contributed by atoms with Crippen LogP contribution in [0.15, 0.2) is 24.3 Å². The van der Waals surface area contributed by atoms with Gasteiger partial charge in [0.2, 0.25) is 5.91 Å². The Morgan fingerprint density at radius 1 is 1.35 bits per heavy atom. The van der Waals surface area contributed by atoms with E-state index in [1.165, 1.54) is 38.4 Å². The van der Waals surface area contributed by atoms with E-state index in [4.69, 9.17) is 4.74 Å². The van der Waals surface area contributed by atoms with Gasteiger partial charge in [0.15, 0.2) is 0 Å². The molecule has 20 heavy (non-hydrogen) atoms. The molecule has 0 aromatic heterocycles. The first-order valence-electron chi connectivity index (χ1n) is 7.42. The SMILES string of the molecule is CC(=O)NCCCOc1cccc(CN2CCCC2)c1. The number of benzene rings is 1. The van der Waals surface area contributed by atoms with E-state index in [1.54, 1.807) is 0 Å². The maximum atomic E-state index is 10.7. The fourth-order valence-electron chi connectivity index (χ4n) is 2.46. The fraction of sp³-hybridized carbons (Fsp3) is 0.562. The molecule has 1 heterocycles. The first-order valence-corrected chi connectivity index (χ1v) is 7.42. The highest BCUT2D eigenvalue weighted by Crippen LogP contribution is 2.17. The second kappa shape index (κ2) is 7.90. The zero-order valence-corrected chi connectivity index (χ0v) is 12.2. The van der Waals surface area contributed by atoms with E-state index in [2.05, 4.69) is 28.4 Å². The van der Waals surface area contributed by atoms with Crippen LogP contribution in [-0.4, -0.2) is 37.0 Å². The summed E-state index contributed by atoms with van der Waals surface area (Å²) in [7, 11) is 0. The summed E-state index contributed by atoms with van der Waals surface area (Å²) >= 11 is 0. The van der Waals surface area contributed by atoms with Crippen molar-refractivity contribution in [1.29, 1.82) is 0 Å². The summed E-state index contributed by atoms with van der Waals surface area (Å²) in [5, 5.41) is 2.77. The highest BCUT2D eigenvalue weighted by atomic mass is 16.5. The lowest BCUT2D eigenvalue weighted by atomic mass is 10.2. The standard InChI is InChI=1S/C16H24N2O2/c1-14(19)17-8-5-11-20-16-7-4-6-15(12-16)13-18-9-2-3-10-18/h4,6-7,12H,2-3,5,8-11,13H2,1H3,(H,17,19). The van der Waals surface area contributed by atoms with Gasteiger partial charge in [-0.25, -0.2) is 0 Å². The number of carbonyl (C=O) groups is 1. The molecule has 1 aliphatic heterocycles. The quantitative estimate of drug-likeness (QED) is 0.776. The second-order valence-electron chi connectivity index (χ2n) is 5.32. The summed E-state index contributed by atoms with van der Waals surface area (Å²) in [6, 6.07) is 8.32. The van der Waals surface area contributed by atoms with E-state index in [1.807, 2.05) is 6.07 Å². The van der Waals surface area contributed by atoms with E-state index in [0.29, 0.717) is 13.2 Å². The number of ether oxygens (including phenoxy) is 1. The molecule has 0 unspecified atom stereocenters. The predicted octanol–water partition coefficient (Wildman–Crippen LogP) is 2.19. The van der Waals surface area contributed by atoms with E-state index in [-0.39, 0.29) is 5.91 Å². The van der Waals surface area contributed by atoms with Crippen molar-refractivity contribution in [2.75, 3.05) is 26.2 Å². The molecular formula is C16H24N2O2.